The molecule has 20 heavy (non-hydrogen) atoms. The first-order valence-electron chi connectivity index (χ1n) is 5.68. The van der Waals surface area contributed by atoms with E-state index < -0.39 is 13.4 Å². The first kappa shape index (κ1) is 33.1. The Balaban J connectivity index is -0.0000000501. The molecule has 6 N–H and O–H groups in total. The molecule has 0 aromatic carbocycles. The summed E-state index contributed by atoms with van der Waals surface area (Å²) < 4.78 is 0.458. The average molecular weight is 392 g/mol. The number of thioether (sulfide) groups is 1. The molecule has 0 atom stereocenters. The molecule has 0 aliphatic heterocycles. The molecule has 0 aromatic rings. The lowest BCUT2D eigenvalue weighted by molar-refractivity contribution is 0.361. The van der Waals surface area contributed by atoms with Crippen LogP contribution in [-0.2, 0) is 23.6 Å². The van der Waals surface area contributed by atoms with Crippen LogP contribution in [0.15, 0.2) is 0 Å². The molecule has 11 heteroatoms. The molecule has 0 aliphatic rings. The zero-order chi connectivity index (χ0) is 18.2. The van der Waals surface area contributed by atoms with Gasteiger partial charge < -0.3 is 29.4 Å². The van der Waals surface area contributed by atoms with E-state index in [1.165, 1.54) is 0 Å². The Kier molecular flexibility index (Phi) is 30.6. The molecule has 0 bridgehead atoms. The summed E-state index contributed by atoms with van der Waals surface area (Å²) in [7, 11) is 0. The van der Waals surface area contributed by atoms with Crippen LogP contribution in [-0.4, -0.2) is 40.4 Å². The monoisotopic (exact) mass is 392 g/mol. The van der Waals surface area contributed by atoms with E-state index in [1.54, 1.807) is 0 Å². The van der Waals surface area contributed by atoms with E-state index in [0.29, 0.717) is 4.75 Å². The fourth-order valence-corrected chi connectivity index (χ4v) is 0. The fraction of sp³-hybridized carbons (Fsp3) is 1.00. The van der Waals surface area contributed by atoms with Crippen molar-refractivity contribution in [1.82, 2.24) is 0 Å². The van der Waals surface area contributed by atoms with Gasteiger partial charge >= 0.3 is 13.4 Å². The van der Waals surface area contributed by atoms with Crippen molar-refractivity contribution in [2.75, 3.05) is 6.26 Å². The van der Waals surface area contributed by atoms with E-state index in [9.17, 15) is 0 Å². The molecule has 0 saturated carbocycles. The van der Waals surface area contributed by atoms with Gasteiger partial charge in [0.1, 0.15) is 0 Å². The molecular weight excluding hydrogens is 362 g/mol. The van der Waals surface area contributed by atoms with Crippen LogP contribution in [0.1, 0.15) is 48.5 Å². The summed E-state index contributed by atoms with van der Waals surface area (Å²) in [5.41, 5.74) is 0. The smallest absolute Gasteiger partial charge is 0.319 e. The molecule has 0 aromatic heterocycles. The maximum absolute atomic E-state index is 7.56. The van der Waals surface area contributed by atoms with Gasteiger partial charge in [-0.2, -0.15) is 11.8 Å². The summed E-state index contributed by atoms with van der Waals surface area (Å²) in [6.07, 6.45) is 2.12. The van der Waals surface area contributed by atoms with Crippen molar-refractivity contribution >= 4 is 48.8 Å². The van der Waals surface area contributed by atoms with E-state index in [-0.39, 0.29) is 0 Å². The highest BCUT2D eigenvalue weighted by Crippen LogP contribution is 2.26. The normalized spacial score (nSPS) is 10.1. The lowest BCUT2D eigenvalue weighted by atomic mass is 10.3. The van der Waals surface area contributed by atoms with Crippen LogP contribution in [0.5, 0.6) is 0 Å². The van der Waals surface area contributed by atoms with Crippen molar-refractivity contribution in [2.24, 2.45) is 0 Å². The first-order chi connectivity index (χ1) is 8.56. The molecule has 0 amide bonds. The van der Waals surface area contributed by atoms with E-state index in [0.717, 1.165) is 0 Å². The Morgan fingerprint density at radius 3 is 0.750 bits per heavy atom. The molecule has 0 unspecified atom stereocenters. The van der Waals surface area contributed by atoms with Gasteiger partial charge in [0.2, 0.25) is 0 Å². The lowest BCUT2D eigenvalue weighted by Gasteiger charge is -2.12. The lowest BCUT2D eigenvalue weighted by Crippen LogP contribution is -2.04. The predicted octanol–water partition coefficient (Wildman–Crippen LogP) is 2.58. The Labute approximate surface area is 137 Å². The molecule has 0 spiro atoms. The largest absolute Gasteiger partial charge is 0.325 e. The third kappa shape index (κ3) is 338. The van der Waals surface area contributed by atoms with Crippen molar-refractivity contribution < 1.29 is 29.4 Å². The Morgan fingerprint density at radius 1 is 0.700 bits per heavy atom. The Morgan fingerprint density at radius 2 is 0.750 bits per heavy atom. The molecule has 0 fully saturated rings. The van der Waals surface area contributed by atoms with Crippen LogP contribution in [0.25, 0.3) is 0 Å². The SMILES string of the molecule is CC.CC.CSC(C)(C)C.OP(O)(O)=S.OP(O)(O)=S. The zero-order valence-corrected chi connectivity index (χ0v) is 17.5. The molecule has 0 radical (unpaired) electrons. The van der Waals surface area contributed by atoms with Gasteiger partial charge in [-0.3, -0.25) is 0 Å². The van der Waals surface area contributed by atoms with Crippen LogP contribution in [0.2, 0.25) is 0 Å². The van der Waals surface area contributed by atoms with Gasteiger partial charge in [0.25, 0.3) is 0 Å². The van der Waals surface area contributed by atoms with Gasteiger partial charge in [0.05, 0.1) is 0 Å². The number of rotatable bonds is 0. The minimum atomic E-state index is -3.81. The van der Waals surface area contributed by atoms with Crippen LogP contribution >= 0.6 is 25.2 Å². The van der Waals surface area contributed by atoms with Crippen LogP contribution in [0.4, 0.5) is 0 Å². The Hall–Kier alpha value is 1.41. The number of hydrogen-bond acceptors (Lipinski definition) is 3. The van der Waals surface area contributed by atoms with Gasteiger partial charge in [0.15, 0.2) is 0 Å². The van der Waals surface area contributed by atoms with Crippen LogP contribution in [0, 0.1) is 0 Å². The van der Waals surface area contributed by atoms with Crippen molar-refractivity contribution in [1.29, 1.82) is 0 Å². The van der Waals surface area contributed by atoms with Crippen LogP contribution in [0.3, 0.4) is 0 Å². The summed E-state index contributed by atoms with van der Waals surface area (Å²) in [6.45, 7) is 7.01. The molecular formula is C9H30O6P2S3. The summed E-state index contributed by atoms with van der Waals surface area (Å²) in [5, 5.41) is 0. The second-order valence-electron chi connectivity index (χ2n) is 3.34. The summed E-state index contributed by atoms with van der Waals surface area (Å²) in [4.78, 5) is 45.3. The summed E-state index contributed by atoms with van der Waals surface area (Å²) in [6, 6.07) is 0. The highest BCUT2D eigenvalue weighted by atomic mass is 32.5. The van der Waals surface area contributed by atoms with Crippen LogP contribution < -0.4 is 0 Å². The predicted molar refractivity (Wildman–Crippen MR) is 97.8 cm³/mol. The van der Waals surface area contributed by atoms with Gasteiger partial charge in [-0.25, -0.2) is 0 Å². The maximum Gasteiger partial charge on any atom is 0.319 e. The molecule has 130 valence electrons. The van der Waals surface area contributed by atoms with Gasteiger partial charge in [-0.05, 0) is 29.9 Å². The highest BCUT2D eigenvalue weighted by molar-refractivity contribution is 8.06. The quantitative estimate of drug-likeness (QED) is 0.345. The highest BCUT2D eigenvalue weighted by Gasteiger charge is 2.04. The molecule has 0 rings (SSSR count). The molecule has 6 nitrogen and oxygen atoms in total. The summed E-state index contributed by atoms with van der Waals surface area (Å²) >= 11 is 9.09. The van der Waals surface area contributed by atoms with E-state index in [1.807, 2.05) is 39.5 Å². The third-order valence-corrected chi connectivity index (χ3v) is 1.84. The van der Waals surface area contributed by atoms with Gasteiger partial charge in [-0.1, -0.05) is 48.5 Å². The Bertz CT molecular complexity index is 222. The van der Waals surface area contributed by atoms with Crippen molar-refractivity contribution in [2.45, 2.75) is 53.2 Å². The first-order valence-corrected chi connectivity index (χ1v) is 12.2. The van der Waals surface area contributed by atoms with Gasteiger partial charge in [-0.15, -0.1) is 0 Å². The maximum atomic E-state index is 7.56. The molecule has 0 saturated heterocycles. The average Bonchev–Trinajstić information content (AvgIpc) is 2.18. The van der Waals surface area contributed by atoms with Crippen molar-refractivity contribution in [3.05, 3.63) is 0 Å². The topological polar surface area (TPSA) is 121 Å². The standard InChI is InChI=1S/C5H12S.2C2H6.2H3O3PS/c1-5(2,3)6-4;2*1-2;2*1-4(2,3)5/h1-4H3;2*1-2H3;2*(H3,1,2,3,5). The fourth-order valence-electron chi connectivity index (χ4n) is 0. The van der Waals surface area contributed by atoms with E-state index >= 15 is 0 Å². The molecule has 0 aliphatic carbocycles. The second-order valence-corrected chi connectivity index (χ2v) is 9.97. The van der Waals surface area contributed by atoms with E-state index in [2.05, 4.69) is 50.6 Å². The van der Waals surface area contributed by atoms with Gasteiger partial charge in [0, 0.05) is 4.75 Å². The zero-order valence-electron chi connectivity index (χ0n) is 13.3. The minimum Gasteiger partial charge on any atom is -0.325 e. The second kappa shape index (κ2) is 18.5. The minimum absolute atomic E-state index is 0.458. The number of hydrogen-bond donors (Lipinski definition) is 6. The summed E-state index contributed by atoms with van der Waals surface area (Å²) in [5.74, 6) is 0. The van der Waals surface area contributed by atoms with Crippen molar-refractivity contribution in [3.63, 3.8) is 0 Å². The van der Waals surface area contributed by atoms with E-state index in [4.69, 9.17) is 29.4 Å². The third-order valence-electron chi connectivity index (χ3n) is 0.612. The molecule has 0 heterocycles. The van der Waals surface area contributed by atoms with Crippen molar-refractivity contribution in [3.8, 4) is 0 Å².